The predicted octanol–water partition coefficient (Wildman–Crippen LogP) is 5.87. The highest BCUT2D eigenvalue weighted by atomic mass is 16.6. The third kappa shape index (κ3) is 7.18. The highest BCUT2D eigenvalue weighted by Crippen LogP contribution is 2.28. The highest BCUT2D eigenvalue weighted by Gasteiger charge is 2.22. The van der Waals surface area contributed by atoms with Gasteiger partial charge in [-0.2, -0.15) is 0 Å². The average Bonchev–Trinajstić information content (AvgIpc) is 2.82. The van der Waals surface area contributed by atoms with Crippen LogP contribution in [0, 0.1) is 6.92 Å². The van der Waals surface area contributed by atoms with E-state index in [1.807, 2.05) is 110 Å². The Morgan fingerprint density at radius 2 is 1.53 bits per heavy atom. The van der Waals surface area contributed by atoms with E-state index in [-0.39, 0.29) is 5.91 Å². The predicted molar refractivity (Wildman–Crippen MR) is 148 cm³/mol. The topological polar surface area (TPSA) is 61.9 Å². The number of amides is 1. The summed E-state index contributed by atoms with van der Waals surface area (Å²) in [6, 6.07) is 21.1. The van der Waals surface area contributed by atoms with E-state index in [9.17, 15) is 9.59 Å². The van der Waals surface area contributed by atoms with Crippen molar-refractivity contribution >= 4 is 23.3 Å². The second-order valence-electron chi connectivity index (χ2n) is 10.3. The Morgan fingerprint density at radius 1 is 0.833 bits per heavy atom. The summed E-state index contributed by atoms with van der Waals surface area (Å²) in [7, 11) is 6.08. The van der Waals surface area contributed by atoms with Gasteiger partial charge in [-0.3, -0.25) is 4.79 Å². The second-order valence-corrected chi connectivity index (χ2v) is 10.3. The van der Waals surface area contributed by atoms with Gasteiger partial charge < -0.3 is 19.9 Å². The maximum Gasteiger partial charge on any atom is 0.340 e. The number of carbonyl (C=O) groups excluding carboxylic acids is 2. The number of esters is 1. The van der Waals surface area contributed by atoms with Gasteiger partial charge in [-0.15, -0.1) is 0 Å². The molecule has 0 atom stereocenters. The first-order valence-electron chi connectivity index (χ1n) is 12.2. The number of hydrogen-bond donors (Lipinski definition) is 1. The van der Waals surface area contributed by atoms with Crippen molar-refractivity contribution in [3.63, 3.8) is 0 Å². The summed E-state index contributed by atoms with van der Waals surface area (Å²) in [5.41, 5.74) is 4.34. The maximum atomic E-state index is 13.5. The van der Waals surface area contributed by atoms with Gasteiger partial charge in [-0.1, -0.05) is 42.5 Å². The van der Waals surface area contributed by atoms with Gasteiger partial charge in [-0.05, 0) is 82.7 Å². The SMILES string of the molecule is Cc1ccc(N(C)CCN(C)C)cc1C(=O)Nc1cc(-c2ccccc2)ccc1C(=O)OC(C)(C)C. The van der Waals surface area contributed by atoms with Crippen LogP contribution in [0.25, 0.3) is 11.1 Å². The fourth-order valence-corrected chi connectivity index (χ4v) is 3.73. The van der Waals surface area contributed by atoms with Gasteiger partial charge in [-0.25, -0.2) is 4.79 Å². The Bertz CT molecular complexity index is 1210. The molecule has 190 valence electrons. The zero-order valence-electron chi connectivity index (χ0n) is 22.4. The van der Waals surface area contributed by atoms with Crippen LogP contribution in [-0.2, 0) is 4.74 Å². The molecule has 0 bridgehead atoms. The number of aryl methyl sites for hydroxylation is 1. The number of nitrogens with one attached hydrogen (secondary N) is 1. The fourth-order valence-electron chi connectivity index (χ4n) is 3.73. The summed E-state index contributed by atoms with van der Waals surface area (Å²) in [4.78, 5) is 30.7. The molecule has 0 unspecified atom stereocenters. The van der Waals surface area contributed by atoms with Crippen molar-refractivity contribution < 1.29 is 14.3 Å². The van der Waals surface area contributed by atoms with Crippen LogP contribution in [0.3, 0.4) is 0 Å². The minimum atomic E-state index is -0.654. The zero-order valence-corrected chi connectivity index (χ0v) is 22.4. The van der Waals surface area contributed by atoms with E-state index < -0.39 is 11.6 Å². The summed E-state index contributed by atoms with van der Waals surface area (Å²) in [5, 5.41) is 2.99. The van der Waals surface area contributed by atoms with Crippen molar-refractivity contribution in [1.82, 2.24) is 4.90 Å². The Kier molecular flexibility index (Phi) is 8.53. The molecular formula is C30H37N3O3. The monoisotopic (exact) mass is 487 g/mol. The van der Waals surface area contributed by atoms with Crippen LogP contribution in [0.2, 0.25) is 0 Å². The number of ether oxygens (including phenoxy) is 1. The molecule has 3 aromatic carbocycles. The molecule has 0 aliphatic carbocycles. The number of rotatable bonds is 8. The average molecular weight is 488 g/mol. The van der Waals surface area contributed by atoms with E-state index in [0.717, 1.165) is 35.5 Å². The van der Waals surface area contributed by atoms with E-state index in [0.29, 0.717) is 16.8 Å². The van der Waals surface area contributed by atoms with Crippen molar-refractivity contribution in [2.45, 2.75) is 33.3 Å². The van der Waals surface area contributed by atoms with Crippen LogP contribution >= 0.6 is 0 Å². The van der Waals surface area contributed by atoms with Crippen molar-refractivity contribution in [3.05, 3.63) is 83.4 Å². The van der Waals surface area contributed by atoms with Gasteiger partial charge in [0.05, 0.1) is 11.3 Å². The molecule has 0 heterocycles. The molecule has 1 amide bonds. The van der Waals surface area contributed by atoms with Gasteiger partial charge in [0.15, 0.2) is 0 Å². The summed E-state index contributed by atoms with van der Waals surface area (Å²) in [6.45, 7) is 9.11. The Balaban J connectivity index is 1.96. The molecule has 0 spiro atoms. The summed E-state index contributed by atoms with van der Waals surface area (Å²) in [5.74, 6) is -0.753. The molecule has 6 heteroatoms. The Labute approximate surface area is 214 Å². The zero-order chi connectivity index (χ0) is 26.5. The number of anilines is 2. The van der Waals surface area contributed by atoms with Gasteiger partial charge in [0.1, 0.15) is 5.60 Å². The number of nitrogens with zero attached hydrogens (tertiary/aromatic N) is 2. The Morgan fingerprint density at radius 3 is 2.17 bits per heavy atom. The molecule has 0 saturated heterocycles. The van der Waals surface area contributed by atoms with Crippen LogP contribution < -0.4 is 10.2 Å². The molecule has 6 nitrogen and oxygen atoms in total. The first-order valence-corrected chi connectivity index (χ1v) is 12.2. The first kappa shape index (κ1) is 27.0. The highest BCUT2D eigenvalue weighted by molar-refractivity contribution is 6.09. The molecule has 36 heavy (non-hydrogen) atoms. The summed E-state index contributed by atoms with van der Waals surface area (Å²) in [6.07, 6.45) is 0. The van der Waals surface area contributed by atoms with Crippen LogP contribution in [0.15, 0.2) is 66.7 Å². The lowest BCUT2D eigenvalue weighted by molar-refractivity contribution is 0.00708. The van der Waals surface area contributed by atoms with Crippen LogP contribution in [-0.4, -0.2) is 56.6 Å². The number of benzene rings is 3. The number of hydrogen-bond acceptors (Lipinski definition) is 5. The van der Waals surface area contributed by atoms with Crippen LogP contribution in [0.4, 0.5) is 11.4 Å². The quantitative estimate of drug-likeness (QED) is 0.403. The molecule has 0 fully saturated rings. The third-order valence-electron chi connectivity index (χ3n) is 5.78. The van der Waals surface area contributed by atoms with Crippen LogP contribution in [0.5, 0.6) is 0 Å². The number of likely N-dealkylation sites (N-methyl/N-ethyl adjacent to an activating group) is 2. The molecule has 0 aliphatic rings. The van der Waals surface area contributed by atoms with E-state index in [1.54, 1.807) is 6.07 Å². The Hall–Kier alpha value is -3.64. The van der Waals surface area contributed by atoms with Crippen LogP contribution in [0.1, 0.15) is 47.1 Å². The third-order valence-corrected chi connectivity index (χ3v) is 5.78. The molecule has 0 aliphatic heterocycles. The molecule has 3 aromatic rings. The van der Waals surface area contributed by atoms with Crippen molar-refractivity contribution in [2.75, 3.05) is 44.4 Å². The smallest absolute Gasteiger partial charge is 0.340 e. The largest absolute Gasteiger partial charge is 0.456 e. The minimum Gasteiger partial charge on any atom is -0.456 e. The first-order chi connectivity index (χ1) is 16.9. The minimum absolute atomic E-state index is 0.273. The lowest BCUT2D eigenvalue weighted by Crippen LogP contribution is -2.28. The molecular weight excluding hydrogens is 450 g/mol. The van der Waals surface area contributed by atoms with E-state index in [1.165, 1.54) is 0 Å². The summed E-state index contributed by atoms with van der Waals surface area (Å²) < 4.78 is 5.62. The molecule has 1 N–H and O–H groups in total. The van der Waals surface area contributed by atoms with Gasteiger partial charge in [0.2, 0.25) is 0 Å². The van der Waals surface area contributed by atoms with Gasteiger partial charge in [0.25, 0.3) is 5.91 Å². The second kappa shape index (κ2) is 11.4. The number of carbonyl (C=O) groups is 2. The van der Waals surface area contributed by atoms with Crippen molar-refractivity contribution in [1.29, 1.82) is 0 Å². The van der Waals surface area contributed by atoms with E-state index >= 15 is 0 Å². The van der Waals surface area contributed by atoms with E-state index in [4.69, 9.17) is 4.74 Å². The molecule has 3 rings (SSSR count). The maximum absolute atomic E-state index is 13.5. The van der Waals surface area contributed by atoms with Crippen molar-refractivity contribution in [2.24, 2.45) is 0 Å². The lowest BCUT2D eigenvalue weighted by Gasteiger charge is -2.23. The molecule has 0 aromatic heterocycles. The molecule has 0 radical (unpaired) electrons. The van der Waals surface area contributed by atoms with Gasteiger partial charge in [0, 0.05) is 31.4 Å². The van der Waals surface area contributed by atoms with E-state index in [2.05, 4.69) is 15.1 Å². The normalized spacial score (nSPS) is 11.3. The fraction of sp³-hybridized carbons (Fsp3) is 0.333. The molecule has 0 saturated carbocycles. The standard InChI is InChI=1S/C30H37N3O3/c1-21-13-15-24(33(7)18-17-32(5)6)20-26(21)28(34)31-27-19-23(22-11-9-8-10-12-22)14-16-25(27)29(35)36-30(2,3)4/h8-16,19-20H,17-18H2,1-7H3,(H,31,34). The summed E-state index contributed by atoms with van der Waals surface area (Å²) >= 11 is 0. The van der Waals surface area contributed by atoms with Crippen molar-refractivity contribution in [3.8, 4) is 11.1 Å². The van der Waals surface area contributed by atoms with Gasteiger partial charge >= 0.3 is 5.97 Å². The lowest BCUT2D eigenvalue weighted by atomic mass is 10.0.